The van der Waals surface area contributed by atoms with Crippen molar-refractivity contribution in [2.75, 3.05) is 13.7 Å². The van der Waals surface area contributed by atoms with Gasteiger partial charge in [0.25, 0.3) is 0 Å². The second-order valence-corrected chi connectivity index (χ2v) is 12.3. The van der Waals surface area contributed by atoms with Crippen molar-refractivity contribution < 1.29 is 24.5 Å². The second-order valence-electron chi connectivity index (χ2n) is 12.3. The minimum absolute atomic E-state index is 0.00478. The summed E-state index contributed by atoms with van der Waals surface area (Å²) in [6, 6.07) is 3.85. The minimum Gasteiger partial charge on any atom is -0.504 e. The Morgan fingerprint density at radius 1 is 1.16 bits per heavy atom. The first-order valence-corrected chi connectivity index (χ1v) is 14.7. The maximum Gasteiger partial charge on any atom is 0.160 e. The van der Waals surface area contributed by atoms with E-state index < -0.39 is 12.0 Å². The summed E-state index contributed by atoms with van der Waals surface area (Å²) in [5, 5.41) is 25.0. The maximum atomic E-state index is 13.1. The number of carbonyl (C=O) groups is 2. The molecule has 1 aliphatic heterocycles. The Labute approximate surface area is 226 Å². The molecule has 206 valence electrons. The molecule has 0 unspecified atom stereocenters. The molecule has 1 saturated heterocycles. The Kier molecular flexibility index (Phi) is 8.45. The number of piperidine rings is 1. The Morgan fingerprint density at radius 3 is 2.76 bits per heavy atom. The monoisotopic (exact) mass is 521 g/mol. The van der Waals surface area contributed by atoms with Crippen molar-refractivity contribution >= 4 is 11.6 Å². The number of Topliss-reactive ketones (excluding diaryl/α,β-unsaturated/α-hetero) is 2. The van der Waals surface area contributed by atoms with Crippen molar-refractivity contribution in [3.63, 3.8) is 0 Å². The van der Waals surface area contributed by atoms with E-state index in [9.17, 15) is 19.8 Å². The molecule has 6 nitrogen and oxygen atoms in total. The molecule has 38 heavy (non-hydrogen) atoms. The number of nitrogens with one attached hydrogen (secondary N) is 1. The Morgan fingerprint density at radius 2 is 1.97 bits per heavy atom. The van der Waals surface area contributed by atoms with E-state index in [-0.39, 0.29) is 11.5 Å². The summed E-state index contributed by atoms with van der Waals surface area (Å²) in [5.41, 5.74) is 2.19. The molecule has 0 bridgehead atoms. The van der Waals surface area contributed by atoms with Gasteiger partial charge in [-0.2, -0.15) is 0 Å². The number of hydrogen-bond acceptors (Lipinski definition) is 6. The lowest BCUT2D eigenvalue weighted by Gasteiger charge is -2.47. The first-order chi connectivity index (χ1) is 18.4. The topological polar surface area (TPSA) is 95.9 Å². The molecule has 3 aliphatic carbocycles. The van der Waals surface area contributed by atoms with Crippen molar-refractivity contribution in [2.45, 2.75) is 102 Å². The molecule has 0 amide bonds. The largest absolute Gasteiger partial charge is 0.504 e. The highest BCUT2D eigenvalue weighted by molar-refractivity contribution is 5.84. The normalized spacial score (nSPS) is 29.6. The summed E-state index contributed by atoms with van der Waals surface area (Å²) in [7, 11) is 1.52. The van der Waals surface area contributed by atoms with Crippen LogP contribution >= 0.6 is 0 Å². The summed E-state index contributed by atoms with van der Waals surface area (Å²) in [6.07, 6.45) is 11.9. The van der Waals surface area contributed by atoms with Gasteiger partial charge in [0.1, 0.15) is 11.7 Å². The number of aliphatic hydroxyl groups excluding tert-OH is 1. The number of phenols is 1. The highest BCUT2D eigenvalue weighted by atomic mass is 16.5. The van der Waals surface area contributed by atoms with Crippen molar-refractivity contribution in [1.82, 2.24) is 5.32 Å². The quantitative estimate of drug-likeness (QED) is 0.457. The van der Waals surface area contributed by atoms with Gasteiger partial charge in [-0.25, -0.2) is 0 Å². The molecule has 3 N–H and O–H groups in total. The molecule has 6 heteroatoms. The summed E-state index contributed by atoms with van der Waals surface area (Å²) >= 11 is 0. The van der Waals surface area contributed by atoms with Gasteiger partial charge in [0, 0.05) is 31.7 Å². The third-order valence-corrected chi connectivity index (χ3v) is 10.1. The van der Waals surface area contributed by atoms with E-state index in [1.54, 1.807) is 12.1 Å². The fourth-order valence-electron chi connectivity index (χ4n) is 7.84. The smallest absolute Gasteiger partial charge is 0.160 e. The first-order valence-electron chi connectivity index (χ1n) is 14.7. The molecule has 5 atom stereocenters. The Bertz CT molecular complexity index is 1100. The zero-order valence-electron chi connectivity index (χ0n) is 22.8. The summed E-state index contributed by atoms with van der Waals surface area (Å²) < 4.78 is 5.24. The number of ether oxygens (including phenoxy) is 1. The van der Waals surface area contributed by atoms with E-state index in [1.165, 1.54) is 39.2 Å². The number of benzene rings is 1. The van der Waals surface area contributed by atoms with E-state index >= 15 is 0 Å². The van der Waals surface area contributed by atoms with Gasteiger partial charge < -0.3 is 20.3 Å². The van der Waals surface area contributed by atoms with Gasteiger partial charge >= 0.3 is 0 Å². The lowest BCUT2D eigenvalue weighted by Crippen LogP contribution is -2.52. The molecule has 0 spiro atoms. The molecular weight excluding hydrogens is 478 g/mol. The standard InChI is InChI=1S/C32H43NO5/c1-38-31-18-22-10-12-29(36)26(7-4-6-21(22)17-30(31)37)28(35)8-5-15-32(13-2-3-14-32)24-16-23-9-11-25(34)19-27(23)33-20-24/h17-18,23-24,26-28,33,35,37H,2-3,5-6,8-16,19-20H2,1H3/t23-,24+,26+,27+,28+/m0/s1. The Balaban J connectivity index is 1.19. The molecule has 4 aliphatic rings. The summed E-state index contributed by atoms with van der Waals surface area (Å²) in [5.74, 6) is 7.68. The fourth-order valence-corrected chi connectivity index (χ4v) is 7.84. The van der Waals surface area contributed by atoms with Crippen LogP contribution in [0.25, 0.3) is 0 Å². The van der Waals surface area contributed by atoms with E-state index in [0.717, 1.165) is 43.4 Å². The van der Waals surface area contributed by atoms with Gasteiger partial charge in [0.2, 0.25) is 0 Å². The number of phenolic OH excluding ortho intramolecular Hbond substituents is 1. The number of hydrogen-bond donors (Lipinski definition) is 3. The Hall–Kier alpha value is -2.36. The number of methoxy groups -OCH3 is 1. The molecule has 1 heterocycles. The van der Waals surface area contributed by atoms with E-state index in [2.05, 4.69) is 17.2 Å². The average Bonchev–Trinajstić information content (AvgIpc) is 3.41. The number of aryl methyl sites for hydroxylation is 1. The number of aromatic hydroxyl groups is 1. The molecular formula is C32H43NO5. The third kappa shape index (κ3) is 5.80. The number of ketones is 2. The molecule has 3 fully saturated rings. The van der Waals surface area contributed by atoms with Crippen LogP contribution in [0.1, 0.15) is 88.2 Å². The first kappa shape index (κ1) is 27.2. The van der Waals surface area contributed by atoms with Crippen LogP contribution in [-0.4, -0.2) is 47.6 Å². The average molecular weight is 522 g/mol. The van der Waals surface area contributed by atoms with Gasteiger partial charge in [-0.1, -0.05) is 31.1 Å². The van der Waals surface area contributed by atoms with Crippen LogP contribution in [0.5, 0.6) is 11.5 Å². The van der Waals surface area contributed by atoms with Crippen LogP contribution in [0, 0.1) is 35.0 Å². The highest BCUT2D eigenvalue weighted by Gasteiger charge is 2.45. The van der Waals surface area contributed by atoms with Crippen molar-refractivity contribution in [1.29, 1.82) is 0 Å². The van der Waals surface area contributed by atoms with E-state index in [0.29, 0.717) is 66.9 Å². The lowest BCUT2D eigenvalue weighted by atomic mass is 9.63. The van der Waals surface area contributed by atoms with Crippen LogP contribution in [0.2, 0.25) is 0 Å². The van der Waals surface area contributed by atoms with Crippen molar-refractivity contribution in [3.8, 4) is 23.3 Å². The van der Waals surface area contributed by atoms with E-state index in [4.69, 9.17) is 4.74 Å². The molecule has 2 saturated carbocycles. The predicted octanol–water partition coefficient (Wildman–Crippen LogP) is 4.52. The predicted molar refractivity (Wildman–Crippen MR) is 146 cm³/mol. The highest BCUT2D eigenvalue weighted by Crippen LogP contribution is 2.52. The zero-order chi connectivity index (χ0) is 26.7. The van der Waals surface area contributed by atoms with Gasteiger partial charge in [-0.3, -0.25) is 9.59 Å². The van der Waals surface area contributed by atoms with Crippen LogP contribution in [-0.2, 0) is 22.4 Å². The number of fused-ring (bicyclic) bond motifs is 2. The molecule has 5 rings (SSSR count). The fraction of sp³-hybridized carbons (Fsp3) is 0.688. The maximum absolute atomic E-state index is 13.1. The molecule has 0 aromatic heterocycles. The molecule has 1 aromatic rings. The van der Waals surface area contributed by atoms with Crippen molar-refractivity contribution in [2.24, 2.45) is 23.2 Å². The molecule has 0 radical (unpaired) electrons. The van der Waals surface area contributed by atoms with E-state index in [1.807, 2.05) is 0 Å². The second kappa shape index (κ2) is 11.8. The van der Waals surface area contributed by atoms with Crippen LogP contribution < -0.4 is 10.1 Å². The zero-order valence-corrected chi connectivity index (χ0v) is 22.8. The van der Waals surface area contributed by atoms with Gasteiger partial charge in [-0.15, -0.1) is 0 Å². The number of rotatable bonds is 7. The van der Waals surface area contributed by atoms with Crippen LogP contribution in [0.3, 0.4) is 0 Å². The molecule has 1 aromatic carbocycles. The van der Waals surface area contributed by atoms with Crippen molar-refractivity contribution in [3.05, 3.63) is 23.3 Å². The summed E-state index contributed by atoms with van der Waals surface area (Å²) in [6.45, 7) is 1.00. The SMILES string of the molecule is COc1cc2c(cc1O)CC#C[C@H]([C@H](O)CCCC1([C@H]3CN[C@@H]4CC(=O)CC[C@H]4C3)CCCC1)C(=O)CC2. The third-order valence-electron chi connectivity index (χ3n) is 10.1. The van der Waals surface area contributed by atoms with Gasteiger partial charge in [-0.05, 0) is 92.0 Å². The number of aliphatic hydroxyl groups is 1. The number of carbonyl (C=O) groups excluding carboxylic acids is 2. The lowest BCUT2D eigenvalue weighted by molar-refractivity contribution is -0.124. The van der Waals surface area contributed by atoms with Crippen LogP contribution in [0.15, 0.2) is 12.1 Å². The van der Waals surface area contributed by atoms with Gasteiger partial charge in [0.05, 0.1) is 13.2 Å². The minimum atomic E-state index is -0.754. The van der Waals surface area contributed by atoms with Crippen LogP contribution in [0.4, 0.5) is 0 Å². The summed E-state index contributed by atoms with van der Waals surface area (Å²) in [4.78, 5) is 25.0. The van der Waals surface area contributed by atoms with Gasteiger partial charge in [0.15, 0.2) is 17.3 Å².